The number of nitro benzene ring substituents is 1. The van der Waals surface area contributed by atoms with E-state index in [-0.39, 0.29) is 28.9 Å². The highest BCUT2D eigenvalue weighted by molar-refractivity contribution is 6.31. The Hall–Kier alpha value is -2.15. The van der Waals surface area contributed by atoms with E-state index in [0.29, 0.717) is 5.02 Å². The summed E-state index contributed by atoms with van der Waals surface area (Å²) in [6.45, 7) is 5.86. The number of carbonyl (C=O) groups excluding carboxylic acids is 1. The molecule has 0 saturated carbocycles. The summed E-state index contributed by atoms with van der Waals surface area (Å²) in [5, 5.41) is 14.8. The first kappa shape index (κ1) is 21.2. The minimum absolute atomic E-state index is 0.0261. The number of carbonyl (C=O) groups is 1. The van der Waals surface area contributed by atoms with Crippen molar-refractivity contribution in [1.29, 1.82) is 0 Å². The molecule has 0 aromatic heterocycles. The van der Waals surface area contributed by atoms with Gasteiger partial charge in [0.1, 0.15) is 5.56 Å². The molecule has 0 aliphatic heterocycles. The number of hydrogen-bond donors (Lipinski definition) is 1. The first-order valence-electron chi connectivity index (χ1n) is 8.59. The molecule has 1 N–H and O–H groups in total. The number of halogens is 2. The van der Waals surface area contributed by atoms with Gasteiger partial charge in [-0.1, -0.05) is 55.2 Å². The molecule has 144 valence electrons. The van der Waals surface area contributed by atoms with Crippen molar-refractivity contribution in [3.8, 4) is 0 Å². The van der Waals surface area contributed by atoms with Crippen LogP contribution in [0.4, 0.5) is 5.69 Å². The maximum absolute atomic E-state index is 12.6. The van der Waals surface area contributed by atoms with Crippen LogP contribution >= 0.6 is 23.2 Å². The van der Waals surface area contributed by atoms with Crippen molar-refractivity contribution in [3.05, 3.63) is 73.8 Å². The van der Waals surface area contributed by atoms with Gasteiger partial charge in [0, 0.05) is 22.7 Å². The molecule has 2 aromatic carbocycles. The molecule has 0 radical (unpaired) electrons. The summed E-state index contributed by atoms with van der Waals surface area (Å²) in [7, 11) is 0. The third-order valence-corrected chi connectivity index (χ3v) is 4.95. The number of nitrogens with zero attached hydrogens (tertiary/aromatic N) is 2. The maximum Gasteiger partial charge on any atom is 0.283 e. The zero-order chi connectivity index (χ0) is 20.0. The highest BCUT2D eigenvalue weighted by Gasteiger charge is 2.24. The van der Waals surface area contributed by atoms with Crippen molar-refractivity contribution >= 4 is 34.8 Å². The molecule has 0 spiro atoms. The van der Waals surface area contributed by atoms with E-state index in [1.54, 1.807) is 6.07 Å². The second kappa shape index (κ2) is 9.69. The van der Waals surface area contributed by atoms with Gasteiger partial charge in [-0.05, 0) is 36.9 Å². The van der Waals surface area contributed by atoms with Gasteiger partial charge in [-0.15, -0.1) is 0 Å². The number of amides is 1. The van der Waals surface area contributed by atoms with E-state index < -0.39 is 10.8 Å². The van der Waals surface area contributed by atoms with Crippen LogP contribution < -0.4 is 5.32 Å². The lowest BCUT2D eigenvalue weighted by atomic mass is 10.0. The van der Waals surface area contributed by atoms with Crippen molar-refractivity contribution in [3.63, 3.8) is 0 Å². The molecule has 1 amide bonds. The van der Waals surface area contributed by atoms with Gasteiger partial charge in [0.25, 0.3) is 11.6 Å². The van der Waals surface area contributed by atoms with Crippen LogP contribution in [0.15, 0.2) is 42.5 Å². The minimum atomic E-state index is -0.614. The van der Waals surface area contributed by atoms with E-state index in [4.69, 9.17) is 23.2 Å². The predicted octanol–water partition coefficient (Wildman–Crippen LogP) is 4.71. The Bertz CT molecular complexity index is 826. The highest BCUT2D eigenvalue weighted by Crippen LogP contribution is 2.28. The number of nitro groups is 1. The molecule has 0 aliphatic rings. The average Bonchev–Trinajstić information content (AvgIpc) is 2.65. The van der Waals surface area contributed by atoms with E-state index in [0.717, 1.165) is 18.7 Å². The zero-order valence-corrected chi connectivity index (χ0v) is 16.6. The average molecular weight is 410 g/mol. The van der Waals surface area contributed by atoms with Gasteiger partial charge in [-0.25, -0.2) is 0 Å². The molecule has 1 atom stereocenters. The van der Waals surface area contributed by atoms with Crippen LogP contribution in [0.1, 0.15) is 35.8 Å². The Morgan fingerprint density at radius 1 is 1.19 bits per heavy atom. The minimum Gasteiger partial charge on any atom is -0.350 e. The smallest absolute Gasteiger partial charge is 0.283 e. The molecule has 6 nitrogen and oxygen atoms in total. The van der Waals surface area contributed by atoms with Gasteiger partial charge < -0.3 is 5.32 Å². The van der Waals surface area contributed by atoms with E-state index >= 15 is 0 Å². The van der Waals surface area contributed by atoms with E-state index in [1.165, 1.54) is 18.2 Å². The number of hydrogen-bond acceptors (Lipinski definition) is 4. The van der Waals surface area contributed by atoms with Gasteiger partial charge in [-0.2, -0.15) is 0 Å². The topological polar surface area (TPSA) is 75.5 Å². The first-order chi connectivity index (χ1) is 12.9. The summed E-state index contributed by atoms with van der Waals surface area (Å²) >= 11 is 12.2. The quantitative estimate of drug-likeness (QED) is 0.505. The fraction of sp³-hybridized carbons (Fsp3) is 0.316. The Morgan fingerprint density at radius 2 is 1.85 bits per heavy atom. The van der Waals surface area contributed by atoms with E-state index in [2.05, 4.69) is 10.2 Å². The van der Waals surface area contributed by atoms with E-state index in [9.17, 15) is 14.9 Å². The second-order valence-corrected chi connectivity index (χ2v) is 6.73. The molecule has 0 bridgehead atoms. The summed E-state index contributed by atoms with van der Waals surface area (Å²) in [6, 6.07) is 11.3. The Labute approximate surface area is 168 Å². The molecule has 0 unspecified atom stereocenters. The molecule has 27 heavy (non-hydrogen) atoms. The van der Waals surface area contributed by atoms with Gasteiger partial charge in [0.2, 0.25) is 0 Å². The van der Waals surface area contributed by atoms with Crippen molar-refractivity contribution in [2.75, 3.05) is 19.6 Å². The van der Waals surface area contributed by atoms with Gasteiger partial charge in [-0.3, -0.25) is 19.8 Å². The second-order valence-electron chi connectivity index (χ2n) is 5.89. The van der Waals surface area contributed by atoms with E-state index in [1.807, 2.05) is 32.0 Å². The zero-order valence-electron chi connectivity index (χ0n) is 15.1. The summed E-state index contributed by atoms with van der Waals surface area (Å²) in [6.07, 6.45) is 0. The van der Waals surface area contributed by atoms with Gasteiger partial charge >= 0.3 is 0 Å². The summed E-state index contributed by atoms with van der Waals surface area (Å²) in [5.74, 6) is -0.525. The number of benzene rings is 2. The fourth-order valence-electron chi connectivity index (χ4n) is 2.98. The van der Waals surface area contributed by atoms with Crippen LogP contribution in [-0.2, 0) is 0 Å². The number of likely N-dealkylation sites (N-methyl/N-ethyl adjacent to an activating group) is 1. The van der Waals surface area contributed by atoms with Crippen LogP contribution in [0.2, 0.25) is 10.0 Å². The van der Waals surface area contributed by atoms with Crippen molar-refractivity contribution in [2.45, 2.75) is 19.9 Å². The first-order valence-corrected chi connectivity index (χ1v) is 9.35. The van der Waals surface area contributed by atoms with Crippen molar-refractivity contribution in [2.24, 2.45) is 0 Å². The normalized spacial score (nSPS) is 12.0. The molecular formula is C19H21Cl2N3O3. The molecular weight excluding hydrogens is 389 g/mol. The predicted molar refractivity (Wildman–Crippen MR) is 108 cm³/mol. The van der Waals surface area contributed by atoms with Crippen LogP contribution in [-0.4, -0.2) is 35.4 Å². The molecule has 8 heteroatoms. The van der Waals surface area contributed by atoms with Crippen LogP contribution in [0, 0.1) is 10.1 Å². The van der Waals surface area contributed by atoms with Crippen molar-refractivity contribution in [1.82, 2.24) is 10.2 Å². The Balaban J connectivity index is 2.26. The molecule has 2 rings (SSSR count). The van der Waals surface area contributed by atoms with Crippen LogP contribution in [0.3, 0.4) is 0 Å². The fourth-order valence-corrected chi connectivity index (χ4v) is 3.41. The highest BCUT2D eigenvalue weighted by atomic mass is 35.5. The van der Waals surface area contributed by atoms with Crippen molar-refractivity contribution < 1.29 is 9.72 Å². The van der Waals surface area contributed by atoms with Gasteiger partial charge in [0.15, 0.2) is 0 Å². The summed E-state index contributed by atoms with van der Waals surface area (Å²) in [5.41, 5.74) is 0.549. The number of nitrogens with one attached hydrogen (secondary N) is 1. The summed E-state index contributed by atoms with van der Waals surface area (Å²) < 4.78 is 0. The largest absolute Gasteiger partial charge is 0.350 e. The monoisotopic (exact) mass is 409 g/mol. The lowest BCUT2D eigenvalue weighted by molar-refractivity contribution is -0.385. The molecule has 2 aromatic rings. The van der Waals surface area contributed by atoms with Crippen LogP contribution in [0.5, 0.6) is 0 Å². The SMILES string of the molecule is CCN(CC)[C@@H](CNC(=O)c1ccc(Cl)cc1[N+](=O)[O-])c1ccccc1Cl. The third-order valence-electron chi connectivity index (χ3n) is 4.37. The molecule has 0 aliphatic carbocycles. The molecule has 0 saturated heterocycles. The van der Waals surface area contributed by atoms with Crippen LogP contribution in [0.25, 0.3) is 0 Å². The lowest BCUT2D eigenvalue weighted by Gasteiger charge is -2.30. The molecule has 0 fully saturated rings. The summed E-state index contributed by atoms with van der Waals surface area (Å²) in [4.78, 5) is 25.4. The lowest BCUT2D eigenvalue weighted by Crippen LogP contribution is -2.38. The van der Waals surface area contributed by atoms with Gasteiger partial charge in [0.05, 0.1) is 11.0 Å². The Morgan fingerprint density at radius 3 is 2.44 bits per heavy atom. The standard InChI is InChI=1S/C19H21Cl2N3O3/c1-3-23(4-2)18(14-7-5-6-8-16(14)21)12-22-19(25)15-10-9-13(20)11-17(15)24(26)27/h5-11,18H,3-4,12H2,1-2H3,(H,22,25)/t18-/m0/s1. The third kappa shape index (κ3) is 5.19. The maximum atomic E-state index is 12.6. The Kier molecular flexibility index (Phi) is 7.59. The molecule has 0 heterocycles. The number of rotatable bonds is 8.